The van der Waals surface area contributed by atoms with Crippen LogP contribution in [0, 0.1) is 0 Å². The van der Waals surface area contributed by atoms with E-state index in [0.29, 0.717) is 5.92 Å². The molecule has 104 valence electrons. The molecule has 0 radical (unpaired) electrons. The quantitative estimate of drug-likeness (QED) is 0.875. The van der Waals surface area contributed by atoms with Crippen LogP contribution in [0.3, 0.4) is 0 Å². The third kappa shape index (κ3) is 2.58. The molecule has 3 heterocycles. The molecule has 19 heavy (non-hydrogen) atoms. The first-order chi connectivity index (χ1) is 9.28. The van der Waals surface area contributed by atoms with Crippen molar-refractivity contribution in [2.75, 3.05) is 38.2 Å². The molecule has 2 aliphatic heterocycles. The van der Waals surface area contributed by atoms with Crippen molar-refractivity contribution in [1.82, 2.24) is 15.1 Å². The molecule has 1 aromatic heterocycles. The number of rotatable bonds is 3. The van der Waals surface area contributed by atoms with Crippen molar-refractivity contribution in [2.24, 2.45) is 0 Å². The van der Waals surface area contributed by atoms with Gasteiger partial charge in [0.15, 0.2) is 5.82 Å². The summed E-state index contributed by atoms with van der Waals surface area (Å²) in [6.45, 7) is 3.41. The van der Waals surface area contributed by atoms with Gasteiger partial charge >= 0.3 is 0 Å². The molecule has 3 rings (SSSR count). The van der Waals surface area contributed by atoms with E-state index >= 15 is 0 Å². The number of nitrogens with zero attached hydrogens (tertiary/aromatic N) is 4. The predicted octanol–water partition coefficient (Wildman–Crippen LogP) is 0.857. The molecule has 0 aliphatic carbocycles. The number of hydrogen-bond donors (Lipinski definition) is 1. The molecule has 0 aromatic carbocycles. The van der Waals surface area contributed by atoms with Gasteiger partial charge in [0.25, 0.3) is 0 Å². The van der Waals surface area contributed by atoms with E-state index in [1.54, 1.807) is 0 Å². The summed E-state index contributed by atoms with van der Waals surface area (Å²) in [5.74, 6) is 1.44. The number of aromatic nitrogens is 2. The molecular formula is C14H22N4O. The Kier molecular flexibility index (Phi) is 3.66. The normalized spacial score (nSPS) is 28.2. The van der Waals surface area contributed by atoms with E-state index in [-0.39, 0.29) is 12.6 Å². The highest BCUT2D eigenvalue weighted by Crippen LogP contribution is 2.27. The number of aliphatic hydroxyl groups excluding tert-OH is 1. The first-order valence-electron chi connectivity index (χ1n) is 7.17. The van der Waals surface area contributed by atoms with Gasteiger partial charge in [-0.25, -0.2) is 0 Å². The summed E-state index contributed by atoms with van der Waals surface area (Å²) in [6.07, 6.45) is 3.35. The average Bonchev–Trinajstić information content (AvgIpc) is 3.07. The lowest BCUT2D eigenvalue weighted by Crippen LogP contribution is -2.32. The highest BCUT2D eigenvalue weighted by molar-refractivity contribution is 5.40. The largest absolute Gasteiger partial charge is 0.394 e. The zero-order chi connectivity index (χ0) is 13.2. The smallest absolute Gasteiger partial charge is 0.151 e. The molecule has 0 bridgehead atoms. The topological polar surface area (TPSA) is 52.5 Å². The fourth-order valence-corrected chi connectivity index (χ4v) is 3.21. The third-order valence-electron chi connectivity index (χ3n) is 4.36. The fourth-order valence-electron chi connectivity index (χ4n) is 3.21. The van der Waals surface area contributed by atoms with Crippen LogP contribution in [0.2, 0.25) is 0 Å². The number of likely N-dealkylation sites (N-methyl/N-ethyl adjacent to an activating group) is 1. The van der Waals surface area contributed by atoms with Crippen molar-refractivity contribution in [3.8, 4) is 0 Å². The summed E-state index contributed by atoms with van der Waals surface area (Å²) >= 11 is 0. The van der Waals surface area contributed by atoms with Crippen LogP contribution in [0.1, 0.15) is 30.9 Å². The highest BCUT2D eigenvalue weighted by atomic mass is 16.3. The lowest BCUT2D eigenvalue weighted by atomic mass is 10.1. The summed E-state index contributed by atoms with van der Waals surface area (Å²) in [7, 11) is 2.15. The van der Waals surface area contributed by atoms with E-state index in [2.05, 4.69) is 39.2 Å². The molecule has 2 aliphatic rings. The molecule has 0 amide bonds. The van der Waals surface area contributed by atoms with E-state index in [4.69, 9.17) is 0 Å². The minimum atomic E-state index is 0.205. The highest BCUT2D eigenvalue weighted by Gasteiger charge is 2.26. The molecule has 2 atom stereocenters. The van der Waals surface area contributed by atoms with Crippen LogP contribution < -0.4 is 4.90 Å². The summed E-state index contributed by atoms with van der Waals surface area (Å²) < 4.78 is 0. The van der Waals surface area contributed by atoms with E-state index in [1.165, 1.54) is 6.42 Å². The Hall–Kier alpha value is -1.20. The first kappa shape index (κ1) is 12.8. The molecule has 5 heteroatoms. The zero-order valence-corrected chi connectivity index (χ0v) is 11.5. The maximum absolute atomic E-state index is 9.36. The molecule has 5 nitrogen and oxygen atoms in total. The minimum Gasteiger partial charge on any atom is -0.394 e. The van der Waals surface area contributed by atoms with Gasteiger partial charge in [0.1, 0.15) is 0 Å². The third-order valence-corrected chi connectivity index (χ3v) is 4.36. The predicted molar refractivity (Wildman–Crippen MR) is 74.3 cm³/mol. The molecule has 1 aromatic rings. The number of hydrogen-bond acceptors (Lipinski definition) is 5. The minimum absolute atomic E-state index is 0.205. The second-order valence-electron chi connectivity index (χ2n) is 5.74. The van der Waals surface area contributed by atoms with Gasteiger partial charge in [-0.3, -0.25) is 0 Å². The Bertz CT molecular complexity index is 422. The lowest BCUT2D eigenvalue weighted by molar-refractivity contribution is 0.266. The van der Waals surface area contributed by atoms with Crippen LogP contribution in [0.15, 0.2) is 12.1 Å². The molecule has 1 N–H and O–H groups in total. The Labute approximate surface area is 114 Å². The Balaban J connectivity index is 1.72. The molecule has 2 fully saturated rings. The van der Waals surface area contributed by atoms with Crippen LogP contribution in [0.4, 0.5) is 5.82 Å². The zero-order valence-electron chi connectivity index (χ0n) is 11.5. The van der Waals surface area contributed by atoms with Crippen LogP contribution in [-0.4, -0.2) is 59.5 Å². The maximum atomic E-state index is 9.36. The van der Waals surface area contributed by atoms with Crippen molar-refractivity contribution in [1.29, 1.82) is 0 Å². The van der Waals surface area contributed by atoms with Gasteiger partial charge in [-0.05, 0) is 45.0 Å². The van der Waals surface area contributed by atoms with E-state index in [0.717, 1.165) is 44.0 Å². The lowest BCUT2D eigenvalue weighted by Gasteiger charge is -2.23. The number of aliphatic hydroxyl groups is 1. The van der Waals surface area contributed by atoms with Gasteiger partial charge in [-0.15, -0.1) is 5.10 Å². The molecular weight excluding hydrogens is 240 g/mol. The molecule has 0 saturated carbocycles. The van der Waals surface area contributed by atoms with E-state index in [9.17, 15) is 5.11 Å². The second kappa shape index (κ2) is 5.43. The average molecular weight is 262 g/mol. The van der Waals surface area contributed by atoms with Crippen LogP contribution in [-0.2, 0) is 0 Å². The second-order valence-corrected chi connectivity index (χ2v) is 5.74. The monoisotopic (exact) mass is 262 g/mol. The first-order valence-corrected chi connectivity index (χ1v) is 7.17. The standard InChI is InChI=1S/C14H22N4O/c1-17-8-6-11(9-17)13-4-5-14(16-15-13)18-7-2-3-12(18)10-19/h4-5,11-12,19H,2-3,6-10H2,1H3. The summed E-state index contributed by atoms with van der Waals surface area (Å²) in [5.41, 5.74) is 1.10. The maximum Gasteiger partial charge on any atom is 0.151 e. The van der Waals surface area contributed by atoms with Gasteiger partial charge in [0.2, 0.25) is 0 Å². The summed E-state index contributed by atoms with van der Waals surface area (Å²) in [5, 5.41) is 18.1. The SMILES string of the molecule is CN1CCC(c2ccc(N3CCCC3CO)nn2)C1. The summed E-state index contributed by atoms with van der Waals surface area (Å²) in [6, 6.07) is 4.39. The van der Waals surface area contributed by atoms with Gasteiger partial charge in [0.05, 0.1) is 18.3 Å². The molecule has 2 saturated heterocycles. The van der Waals surface area contributed by atoms with Gasteiger partial charge in [-0.1, -0.05) is 0 Å². The Morgan fingerprint density at radius 1 is 1.26 bits per heavy atom. The van der Waals surface area contributed by atoms with Gasteiger partial charge in [0, 0.05) is 19.0 Å². The molecule has 2 unspecified atom stereocenters. The van der Waals surface area contributed by atoms with Crippen molar-refractivity contribution >= 4 is 5.82 Å². The van der Waals surface area contributed by atoms with E-state index < -0.39 is 0 Å². The van der Waals surface area contributed by atoms with Gasteiger partial charge in [-0.2, -0.15) is 5.10 Å². The Morgan fingerprint density at radius 2 is 2.16 bits per heavy atom. The number of likely N-dealkylation sites (tertiary alicyclic amines) is 1. The van der Waals surface area contributed by atoms with Crippen molar-refractivity contribution in [3.63, 3.8) is 0 Å². The summed E-state index contributed by atoms with van der Waals surface area (Å²) in [4.78, 5) is 4.51. The Morgan fingerprint density at radius 3 is 2.79 bits per heavy atom. The number of anilines is 1. The molecule has 0 spiro atoms. The van der Waals surface area contributed by atoms with Crippen LogP contribution >= 0.6 is 0 Å². The van der Waals surface area contributed by atoms with Crippen molar-refractivity contribution in [2.45, 2.75) is 31.2 Å². The van der Waals surface area contributed by atoms with Crippen LogP contribution in [0.5, 0.6) is 0 Å². The van der Waals surface area contributed by atoms with Crippen molar-refractivity contribution in [3.05, 3.63) is 17.8 Å². The van der Waals surface area contributed by atoms with E-state index in [1.807, 2.05) is 0 Å². The van der Waals surface area contributed by atoms with Gasteiger partial charge < -0.3 is 14.9 Å². The van der Waals surface area contributed by atoms with Crippen molar-refractivity contribution < 1.29 is 5.11 Å². The van der Waals surface area contributed by atoms with Crippen LogP contribution in [0.25, 0.3) is 0 Å². The fraction of sp³-hybridized carbons (Fsp3) is 0.714.